The molecule has 1 saturated heterocycles. The standard InChI is InChI=1S/C27H24ClN3O3S/c1-30-15-13-18(14-16-30)25(34)29-26-23(24(33)17-7-3-2-4-8-17)19-11-12-22(32)31(27(19)35-26)21-10-6-5-9-20(21)28/h2-12,18H,13-16H2,1H3,(H,29,34). The van der Waals surface area contributed by atoms with Gasteiger partial charge in [0.1, 0.15) is 9.83 Å². The first-order valence-electron chi connectivity index (χ1n) is 11.5. The van der Waals surface area contributed by atoms with Gasteiger partial charge in [0.25, 0.3) is 5.56 Å². The minimum Gasteiger partial charge on any atom is -0.317 e. The van der Waals surface area contributed by atoms with Crippen molar-refractivity contribution in [2.75, 3.05) is 25.5 Å². The molecule has 1 aliphatic heterocycles. The third-order valence-corrected chi connectivity index (χ3v) is 7.85. The Bertz CT molecular complexity index is 1470. The van der Waals surface area contributed by atoms with Crippen molar-refractivity contribution in [2.24, 2.45) is 5.92 Å². The predicted octanol–water partition coefficient (Wildman–Crippen LogP) is 5.22. The van der Waals surface area contributed by atoms with Crippen molar-refractivity contribution in [3.63, 3.8) is 0 Å². The summed E-state index contributed by atoms with van der Waals surface area (Å²) >= 11 is 7.66. The summed E-state index contributed by atoms with van der Waals surface area (Å²) in [5.41, 5.74) is 1.16. The van der Waals surface area contributed by atoms with Crippen LogP contribution >= 0.6 is 22.9 Å². The zero-order valence-corrected chi connectivity index (χ0v) is 20.7. The van der Waals surface area contributed by atoms with E-state index >= 15 is 0 Å². The maximum atomic E-state index is 13.7. The van der Waals surface area contributed by atoms with Gasteiger partial charge in [0, 0.05) is 22.9 Å². The highest BCUT2D eigenvalue weighted by Gasteiger charge is 2.28. The second-order valence-electron chi connectivity index (χ2n) is 8.75. The number of fused-ring (bicyclic) bond motifs is 1. The molecule has 1 amide bonds. The van der Waals surface area contributed by atoms with Crippen molar-refractivity contribution in [1.82, 2.24) is 9.47 Å². The minimum absolute atomic E-state index is 0.0987. The third-order valence-electron chi connectivity index (χ3n) is 6.42. The first-order valence-corrected chi connectivity index (χ1v) is 12.7. The van der Waals surface area contributed by atoms with Gasteiger partial charge in [0.05, 0.1) is 16.3 Å². The lowest BCUT2D eigenvalue weighted by Crippen LogP contribution is -2.36. The molecule has 1 fully saturated rings. The summed E-state index contributed by atoms with van der Waals surface area (Å²) in [5.74, 6) is -0.430. The van der Waals surface area contributed by atoms with E-state index in [2.05, 4.69) is 10.2 Å². The van der Waals surface area contributed by atoms with E-state index in [0.29, 0.717) is 37.1 Å². The molecular weight excluding hydrogens is 482 g/mol. The number of thiophene rings is 1. The van der Waals surface area contributed by atoms with Gasteiger partial charge in [0.2, 0.25) is 5.91 Å². The Morgan fingerprint density at radius 3 is 2.37 bits per heavy atom. The van der Waals surface area contributed by atoms with Gasteiger partial charge in [-0.2, -0.15) is 0 Å². The Labute approximate surface area is 211 Å². The molecule has 0 saturated carbocycles. The number of rotatable bonds is 5. The molecule has 3 heterocycles. The monoisotopic (exact) mass is 505 g/mol. The van der Waals surface area contributed by atoms with E-state index in [1.807, 2.05) is 13.1 Å². The highest BCUT2D eigenvalue weighted by Crippen LogP contribution is 2.38. The average Bonchev–Trinajstić information content (AvgIpc) is 3.22. The third kappa shape index (κ3) is 4.55. The van der Waals surface area contributed by atoms with Crippen molar-refractivity contribution in [3.8, 4) is 5.69 Å². The Kier molecular flexibility index (Phi) is 6.56. The summed E-state index contributed by atoms with van der Waals surface area (Å²) in [7, 11) is 2.05. The summed E-state index contributed by atoms with van der Waals surface area (Å²) in [6.07, 6.45) is 1.53. The fourth-order valence-electron chi connectivity index (χ4n) is 4.48. The van der Waals surface area contributed by atoms with Gasteiger partial charge >= 0.3 is 0 Å². The summed E-state index contributed by atoms with van der Waals surface area (Å²) in [6.45, 7) is 1.71. The molecule has 0 atom stereocenters. The summed E-state index contributed by atoms with van der Waals surface area (Å²) in [6, 6.07) is 19.1. The van der Waals surface area contributed by atoms with E-state index in [1.165, 1.54) is 22.0 Å². The molecule has 0 spiro atoms. The van der Waals surface area contributed by atoms with Crippen molar-refractivity contribution in [3.05, 3.63) is 93.2 Å². The van der Waals surface area contributed by atoms with Crippen LogP contribution in [0, 0.1) is 5.92 Å². The van der Waals surface area contributed by atoms with Crippen LogP contribution in [0.4, 0.5) is 5.00 Å². The number of benzene rings is 2. The molecule has 35 heavy (non-hydrogen) atoms. The van der Waals surface area contributed by atoms with Crippen LogP contribution in [0.3, 0.4) is 0 Å². The highest BCUT2D eigenvalue weighted by molar-refractivity contribution is 7.23. The molecule has 1 N–H and O–H groups in total. The molecule has 0 radical (unpaired) electrons. The number of nitrogens with one attached hydrogen (secondary N) is 1. The number of pyridine rings is 1. The lowest BCUT2D eigenvalue weighted by molar-refractivity contribution is -0.121. The molecule has 0 unspecified atom stereocenters. The summed E-state index contributed by atoms with van der Waals surface area (Å²) < 4.78 is 1.51. The molecule has 178 valence electrons. The van der Waals surface area contributed by atoms with E-state index in [0.717, 1.165) is 25.9 Å². The Balaban J connectivity index is 1.67. The van der Waals surface area contributed by atoms with Crippen LogP contribution in [0.5, 0.6) is 0 Å². The Morgan fingerprint density at radius 1 is 0.971 bits per heavy atom. The summed E-state index contributed by atoms with van der Waals surface area (Å²) in [4.78, 5) is 42.6. The second-order valence-corrected chi connectivity index (χ2v) is 10.2. The van der Waals surface area contributed by atoms with Crippen molar-refractivity contribution in [1.29, 1.82) is 0 Å². The maximum absolute atomic E-state index is 13.7. The number of hydrogen-bond acceptors (Lipinski definition) is 5. The van der Waals surface area contributed by atoms with Gasteiger partial charge in [-0.1, -0.05) is 65.4 Å². The van der Waals surface area contributed by atoms with E-state index in [4.69, 9.17) is 11.6 Å². The highest BCUT2D eigenvalue weighted by atomic mass is 35.5. The average molecular weight is 506 g/mol. The zero-order chi connectivity index (χ0) is 24.5. The van der Waals surface area contributed by atoms with Crippen LogP contribution in [-0.2, 0) is 4.79 Å². The lowest BCUT2D eigenvalue weighted by atomic mass is 9.96. The number of piperidine rings is 1. The number of likely N-dealkylation sites (tertiary alicyclic amines) is 1. The van der Waals surface area contributed by atoms with Crippen molar-refractivity contribution >= 4 is 49.8 Å². The topological polar surface area (TPSA) is 71.4 Å². The Morgan fingerprint density at radius 2 is 1.66 bits per heavy atom. The van der Waals surface area contributed by atoms with Crippen LogP contribution in [-0.4, -0.2) is 41.3 Å². The number of halogens is 1. The number of hydrogen-bond donors (Lipinski definition) is 1. The van der Waals surface area contributed by atoms with Gasteiger partial charge in [0.15, 0.2) is 5.78 Å². The molecule has 2 aromatic carbocycles. The smallest absolute Gasteiger partial charge is 0.256 e. The maximum Gasteiger partial charge on any atom is 0.256 e. The van der Waals surface area contributed by atoms with Gasteiger partial charge < -0.3 is 10.2 Å². The van der Waals surface area contributed by atoms with Crippen LogP contribution in [0.1, 0.15) is 28.8 Å². The van der Waals surface area contributed by atoms with Crippen molar-refractivity contribution in [2.45, 2.75) is 12.8 Å². The number of carbonyl (C=O) groups excluding carboxylic acids is 2. The number of anilines is 1. The van der Waals surface area contributed by atoms with Crippen LogP contribution < -0.4 is 10.9 Å². The fraction of sp³-hybridized carbons (Fsp3) is 0.222. The minimum atomic E-state index is -0.265. The first kappa shape index (κ1) is 23.5. The van der Waals surface area contributed by atoms with E-state index < -0.39 is 0 Å². The van der Waals surface area contributed by atoms with Crippen LogP contribution in [0.25, 0.3) is 15.9 Å². The number of amides is 1. The van der Waals surface area contributed by atoms with Gasteiger partial charge in [-0.3, -0.25) is 19.0 Å². The molecule has 1 aliphatic rings. The fourth-order valence-corrected chi connectivity index (χ4v) is 5.90. The number of ketones is 1. The van der Waals surface area contributed by atoms with Crippen LogP contribution in [0.2, 0.25) is 5.02 Å². The molecule has 5 rings (SSSR count). The van der Waals surface area contributed by atoms with E-state index in [9.17, 15) is 14.4 Å². The number of nitrogens with zero attached hydrogens (tertiary/aromatic N) is 2. The predicted molar refractivity (Wildman–Crippen MR) is 141 cm³/mol. The quantitative estimate of drug-likeness (QED) is 0.378. The molecular formula is C27H24ClN3O3S. The SMILES string of the molecule is CN1CCC(C(=O)Nc2sc3c(ccc(=O)n3-c3ccccc3Cl)c2C(=O)c2ccccc2)CC1. The van der Waals surface area contributed by atoms with Crippen molar-refractivity contribution < 1.29 is 9.59 Å². The van der Waals surface area contributed by atoms with E-state index in [-0.39, 0.29) is 23.2 Å². The number of para-hydroxylation sites is 1. The normalized spacial score (nSPS) is 14.8. The molecule has 0 bridgehead atoms. The number of carbonyl (C=O) groups is 2. The first-order chi connectivity index (χ1) is 16.9. The molecule has 2 aromatic heterocycles. The summed E-state index contributed by atoms with van der Waals surface area (Å²) in [5, 5.41) is 4.51. The lowest BCUT2D eigenvalue weighted by Gasteiger charge is -2.27. The largest absolute Gasteiger partial charge is 0.317 e. The van der Waals surface area contributed by atoms with Gasteiger partial charge in [-0.25, -0.2) is 0 Å². The molecule has 6 nitrogen and oxygen atoms in total. The van der Waals surface area contributed by atoms with E-state index in [1.54, 1.807) is 54.6 Å². The number of aromatic nitrogens is 1. The molecule has 4 aromatic rings. The molecule has 8 heteroatoms. The van der Waals surface area contributed by atoms with Gasteiger partial charge in [-0.15, -0.1) is 0 Å². The van der Waals surface area contributed by atoms with Gasteiger partial charge in [-0.05, 0) is 51.2 Å². The zero-order valence-electron chi connectivity index (χ0n) is 19.2. The molecule has 0 aliphatic carbocycles. The second kappa shape index (κ2) is 9.77. The Hall–Kier alpha value is -3.26. The van der Waals surface area contributed by atoms with Crippen LogP contribution in [0.15, 0.2) is 71.5 Å².